The van der Waals surface area contributed by atoms with E-state index in [0.717, 1.165) is 38.5 Å². The van der Waals surface area contributed by atoms with Crippen molar-refractivity contribution in [3.05, 3.63) is 23.8 Å². The van der Waals surface area contributed by atoms with Crippen LogP contribution in [0.2, 0.25) is 0 Å². The molecular weight excluding hydrogens is 214 g/mol. The first-order valence-electron chi connectivity index (χ1n) is 6.29. The third-order valence-corrected chi connectivity index (χ3v) is 3.43. The molecule has 1 fully saturated rings. The van der Waals surface area contributed by atoms with E-state index in [0.29, 0.717) is 0 Å². The van der Waals surface area contributed by atoms with Crippen molar-refractivity contribution < 1.29 is 9.47 Å². The molecule has 0 saturated carbocycles. The monoisotopic (exact) mass is 233 g/mol. The molecule has 0 aliphatic carbocycles. The average Bonchev–Trinajstić information content (AvgIpc) is 2.63. The molecule has 3 nitrogen and oxygen atoms in total. The minimum atomic E-state index is -0.0496. The molecule has 2 aliphatic heterocycles. The predicted octanol–water partition coefficient (Wildman–Crippen LogP) is 2.24. The lowest BCUT2D eigenvalue weighted by Gasteiger charge is -2.29. The standard InChI is InChI=1S/C14H19NO2/c1-14(2)10-11-3-4-12(9-13(11)17-14)15-5-7-16-8-6-15/h3-4,9H,5-8,10H2,1-2H3. The number of morpholine rings is 1. The molecule has 0 bridgehead atoms. The molecule has 0 amide bonds. The first kappa shape index (κ1) is 10.9. The molecule has 1 saturated heterocycles. The van der Waals surface area contributed by atoms with Gasteiger partial charge in [0.2, 0.25) is 0 Å². The summed E-state index contributed by atoms with van der Waals surface area (Å²) < 4.78 is 11.3. The topological polar surface area (TPSA) is 21.7 Å². The molecule has 1 aromatic carbocycles. The Kier molecular flexibility index (Phi) is 2.51. The molecule has 17 heavy (non-hydrogen) atoms. The molecule has 1 aromatic rings. The van der Waals surface area contributed by atoms with Crippen LogP contribution < -0.4 is 9.64 Å². The van der Waals surface area contributed by atoms with Crippen molar-refractivity contribution in [3.63, 3.8) is 0 Å². The van der Waals surface area contributed by atoms with Crippen LogP contribution in [-0.2, 0) is 11.2 Å². The van der Waals surface area contributed by atoms with Gasteiger partial charge >= 0.3 is 0 Å². The molecule has 3 heteroatoms. The zero-order valence-electron chi connectivity index (χ0n) is 10.5. The van der Waals surface area contributed by atoms with E-state index in [4.69, 9.17) is 9.47 Å². The minimum absolute atomic E-state index is 0.0496. The summed E-state index contributed by atoms with van der Waals surface area (Å²) in [5.74, 6) is 1.05. The molecule has 0 unspecified atom stereocenters. The van der Waals surface area contributed by atoms with Gasteiger partial charge in [0.25, 0.3) is 0 Å². The number of anilines is 1. The second-order valence-electron chi connectivity index (χ2n) is 5.43. The van der Waals surface area contributed by atoms with E-state index in [9.17, 15) is 0 Å². The Morgan fingerprint density at radius 3 is 2.71 bits per heavy atom. The summed E-state index contributed by atoms with van der Waals surface area (Å²) >= 11 is 0. The van der Waals surface area contributed by atoms with Crippen LogP contribution in [0.25, 0.3) is 0 Å². The van der Waals surface area contributed by atoms with Crippen molar-refractivity contribution in [3.8, 4) is 5.75 Å². The van der Waals surface area contributed by atoms with Crippen molar-refractivity contribution in [2.75, 3.05) is 31.2 Å². The van der Waals surface area contributed by atoms with E-state index in [-0.39, 0.29) is 5.60 Å². The summed E-state index contributed by atoms with van der Waals surface area (Å²) in [6, 6.07) is 6.58. The van der Waals surface area contributed by atoms with Gasteiger partial charge in [0.05, 0.1) is 13.2 Å². The normalized spacial score (nSPS) is 22.1. The van der Waals surface area contributed by atoms with Crippen LogP contribution in [0, 0.1) is 0 Å². The molecule has 0 N–H and O–H groups in total. The minimum Gasteiger partial charge on any atom is -0.487 e. The quantitative estimate of drug-likeness (QED) is 0.742. The van der Waals surface area contributed by atoms with E-state index in [2.05, 4.69) is 36.9 Å². The lowest BCUT2D eigenvalue weighted by Crippen LogP contribution is -2.36. The molecule has 0 atom stereocenters. The van der Waals surface area contributed by atoms with Crippen LogP contribution in [0.1, 0.15) is 19.4 Å². The van der Waals surface area contributed by atoms with Crippen molar-refractivity contribution in [2.45, 2.75) is 25.9 Å². The fourth-order valence-electron chi connectivity index (χ4n) is 2.59. The lowest BCUT2D eigenvalue weighted by molar-refractivity contribution is 0.122. The van der Waals surface area contributed by atoms with Crippen molar-refractivity contribution in [1.82, 2.24) is 0 Å². The zero-order chi connectivity index (χ0) is 11.9. The molecular formula is C14H19NO2. The van der Waals surface area contributed by atoms with Gasteiger partial charge < -0.3 is 14.4 Å². The molecule has 92 valence electrons. The van der Waals surface area contributed by atoms with Gasteiger partial charge in [0.15, 0.2) is 0 Å². The third-order valence-electron chi connectivity index (χ3n) is 3.43. The molecule has 0 aromatic heterocycles. The Bertz CT molecular complexity index is 422. The van der Waals surface area contributed by atoms with E-state index >= 15 is 0 Å². The Morgan fingerprint density at radius 1 is 1.18 bits per heavy atom. The van der Waals surface area contributed by atoms with Crippen molar-refractivity contribution >= 4 is 5.69 Å². The summed E-state index contributed by atoms with van der Waals surface area (Å²) in [5.41, 5.74) is 2.53. The second kappa shape index (κ2) is 3.91. The maximum absolute atomic E-state index is 5.97. The van der Waals surface area contributed by atoms with Crippen molar-refractivity contribution in [1.29, 1.82) is 0 Å². The largest absolute Gasteiger partial charge is 0.487 e. The summed E-state index contributed by atoms with van der Waals surface area (Å²) in [7, 11) is 0. The van der Waals surface area contributed by atoms with Crippen molar-refractivity contribution in [2.24, 2.45) is 0 Å². The van der Waals surface area contributed by atoms with Crippen LogP contribution in [0.4, 0.5) is 5.69 Å². The summed E-state index contributed by atoms with van der Waals surface area (Å²) in [4.78, 5) is 2.36. The predicted molar refractivity (Wildman–Crippen MR) is 67.9 cm³/mol. The SMILES string of the molecule is CC1(C)Cc2ccc(N3CCOCC3)cc2O1. The number of benzene rings is 1. The lowest BCUT2D eigenvalue weighted by atomic mass is 10.0. The fourth-order valence-corrected chi connectivity index (χ4v) is 2.59. The van der Waals surface area contributed by atoms with Gasteiger partial charge in [0.1, 0.15) is 11.4 Å². The smallest absolute Gasteiger partial charge is 0.125 e. The maximum atomic E-state index is 5.97. The summed E-state index contributed by atoms with van der Waals surface area (Å²) in [5, 5.41) is 0. The van der Waals surface area contributed by atoms with Gasteiger partial charge in [-0.2, -0.15) is 0 Å². The molecule has 3 rings (SSSR count). The fraction of sp³-hybridized carbons (Fsp3) is 0.571. The van der Waals surface area contributed by atoms with Crippen LogP contribution in [0.15, 0.2) is 18.2 Å². The summed E-state index contributed by atoms with van der Waals surface area (Å²) in [6.45, 7) is 7.88. The number of rotatable bonds is 1. The third kappa shape index (κ3) is 2.12. The van der Waals surface area contributed by atoms with Gasteiger partial charge in [0, 0.05) is 31.3 Å². The van der Waals surface area contributed by atoms with Gasteiger partial charge in [-0.1, -0.05) is 6.07 Å². The highest BCUT2D eigenvalue weighted by atomic mass is 16.5. The van der Waals surface area contributed by atoms with E-state index < -0.39 is 0 Å². The number of hydrogen-bond acceptors (Lipinski definition) is 3. The molecule has 0 spiro atoms. The number of ether oxygens (including phenoxy) is 2. The van der Waals surface area contributed by atoms with E-state index in [1.807, 2.05) is 0 Å². The molecule has 2 aliphatic rings. The highest BCUT2D eigenvalue weighted by Gasteiger charge is 2.30. The molecule has 0 radical (unpaired) electrons. The van der Waals surface area contributed by atoms with Crippen LogP contribution >= 0.6 is 0 Å². The first-order chi connectivity index (χ1) is 8.14. The van der Waals surface area contributed by atoms with Crippen LogP contribution in [0.5, 0.6) is 5.75 Å². The van der Waals surface area contributed by atoms with E-state index in [1.54, 1.807) is 0 Å². The van der Waals surface area contributed by atoms with Gasteiger partial charge in [-0.15, -0.1) is 0 Å². The first-order valence-corrected chi connectivity index (χ1v) is 6.29. The maximum Gasteiger partial charge on any atom is 0.125 e. The Labute approximate surface area is 102 Å². The van der Waals surface area contributed by atoms with Gasteiger partial charge in [-0.25, -0.2) is 0 Å². The van der Waals surface area contributed by atoms with Gasteiger partial charge in [-0.3, -0.25) is 0 Å². The second-order valence-corrected chi connectivity index (χ2v) is 5.43. The Balaban J connectivity index is 1.85. The number of hydrogen-bond donors (Lipinski definition) is 0. The zero-order valence-corrected chi connectivity index (χ0v) is 10.5. The highest BCUT2D eigenvalue weighted by molar-refractivity contribution is 5.55. The highest BCUT2D eigenvalue weighted by Crippen LogP contribution is 2.37. The van der Waals surface area contributed by atoms with Crippen LogP contribution in [-0.4, -0.2) is 31.9 Å². The van der Waals surface area contributed by atoms with Crippen LogP contribution in [0.3, 0.4) is 0 Å². The van der Waals surface area contributed by atoms with Gasteiger partial charge in [-0.05, 0) is 25.5 Å². The number of nitrogens with zero attached hydrogens (tertiary/aromatic N) is 1. The Morgan fingerprint density at radius 2 is 1.94 bits per heavy atom. The summed E-state index contributed by atoms with van der Waals surface area (Å²) in [6.07, 6.45) is 1.01. The molecule has 2 heterocycles. The average molecular weight is 233 g/mol. The number of fused-ring (bicyclic) bond motifs is 1. The van der Waals surface area contributed by atoms with E-state index in [1.165, 1.54) is 11.3 Å². The Hall–Kier alpha value is -1.22.